The van der Waals surface area contributed by atoms with E-state index in [0.717, 1.165) is 37.8 Å². The van der Waals surface area contributed by atoms with Crippen LogP contribution in [0.25, 0.3) is 0 Å². The van der Waals surface area contributed by atoms with Crippen molar-refractivity contribution >= 4 is 11.8 Å². The van der Waals surface area contributed by atoms with Gasteiger partial charge in [-0.2, -0.15) is 0 Å². The Morgan fingerprint density at radius 1 is 1.24 bits per heavy atom. The predicted octanol–water partition coefficient (Wildman–Crippen LogP) is 1.65. The first-order valence-corrected chi connectivity index (χ1v) is 11.2. The lowest BCUT2D eigenvalue weighted by molar-refractivity contribution is -0.135. The smallest absolute Gasteiger partial charge is 0.275 e. The molecule has 3 N–H and O–H groups in total. The number of fused-ring (bicyclic) bond motifs is 4. The van der Waals surface area contributed by atoms with Crippen LogP contribution in [0.4, 0.5) is 8.78 Å². The van der Waals surface area contributed by atoms with Gasteiger partial charge in [0.2, 0.25) is 0 Å². The molecule has 176 valence electrons. The third kappa shape index (κ3) is 4.08. The number of piperazine rings is 1. The van der Waals surface area contributed by atoms with Crippen LogP contribution >= 0.6 is 0 Å². The molecular formula is C23H26F2N4O4. The molecule has 0 radical (unpaired) electrons. The van der Waals surface area contributed by atoms with E-state index in [0.29, 0.717) is 6.54 Å². The Hall–Kier alpha value is -2.98. The topological polar surface area (TPSA) is 94.1 Å². The highest BCUT2D eigenvalue weighted by Gasteiger charge is 2.49. The van der Waals surface area contributed by atoms with Gasteiger partial charge < -0.3 is 25.0 Å². The van der Waals surface area contributed by atoms with Crippen LogP contribution in [0.1, 0.15) is 31.2 Å². The fraction of sp³-hybridized carbons (Fsp3) is 0.478. The van der Waals surface area contributed by atoms with E-state index in [4.69, 9.17) is 4.74 Å². The van der Waals surface area contributed by atoms with Crippen molar-refractivity contribution < 1.29 is 28.2 Å². The van der Waals surface area contributed by atoms with Crippen LogP contribution < -0.4 is 10.6 Å². The first-order valence-electron chi connectivity index (χ1n) is 11.2. The number of hydrogen-bond donors (Lipinski definition) is 3. The van der Waals surface area contributed by atoms with Crippen molar-refractivity contribution in [2.45, 2.75) is 50.5 Å². The molecule has 4 aliphatic rings. The van der Waals surface area contributed by atoms with Gasteiger partial charge in [0.25, 0.3) is 11.8 Å². The Labute approximate surface area is 189 Å². The summed E-state index contributed by atoms with van der Waals surface area (Å²) in [5.74, 6) is -2.38. The molecule has 0 spiro atoms. The van der Waals surface area contributed by atoms with E-state index in [1.165, 1.54) is 12.3 Å². The van der Waals surface area contributed by atoms with E-state index in [1.807, 2.05) is 4.90 Å². The molecule has 2 amide bonds. The summed E-state index contributed by atoms with van der Waals surface area (Å²) in [5, 5.41) is 16.7. The molecular weight excluding hydrogens is 434 g/mol. The van der Waals surface area contributed by atoms with Crippen molar-refractivity contribution in [3.05, 3.63) is 58.6 Å². The van der Waals surface area contributed by atoms with E-state index < -0.39 is 17.5 Å². The number of aliphatic hydroxyl groups is 1. The second-order valence-electron chi connectivity index (χ2n) is 8.87. The highest BCUT2D eigenvalue weighted by Crippen LogP contribution is 2.35. The molecule has 8 nitrogen and oxygen atoms in total. The molecule has 33 heavy (non-hydrogen) atoms. The molecule has 1 saturated carbocycles. The zero-order valence-corrected chi connectivity index (χ0v) is 18.0. The van der Waals surface area contributed by atoms with Gasteiger partial charge in [-0.3, -0.25) is 14.9 Å². The van der Waals surface area contributed by atoms with Crippen LogP contribution in [0.2, 0.25) is 0 Å². The van der Waals surface area contributed by atoms with Crippen LogP contribution in [0.15, 0.2) is 41.4 Å². The maximum Gasteiger partial charge on any atom is 0.275 e. The second-order valence-corrected chi connectivity index (χ2v) is 8.87. The lowest BCUT2D eigenvalue weighted by atomic mass is 9.91. The molecule has 3 atom stereocenters. The third-order valence-electron chi connectivity index (χ3n) is 6.75. The Morgan fingerprint density at radius 2 is 2.06 bits per heavy atom. The number of ether oxygens (including phenoxy) is 1. The first kappa shape index (κ1) is 21.8. The van der Waals surface area contributed by atoms with Crippen molar-refractivity contribution in [3.8, 4) is 0 Å². The molecule has 0 bridgehead atoms. The number of carbonyl (C=O) groups excluding carboxylic acids is 2. The Balaban J connectivity index is 1.36. The van der Waals surface area contributed by atoms with Crippen molar-refractivity contribution in [1.29, 1.82) is 0 Å². The van der Waals surface area contributed by atoms with Crippen molar-refractivity contribution in [2.24, 2.45) is 0 Å². The normalized spacial score (nSPS) is 31.0. The summed E-state index contributed by atoms with van der Waals surface area (Å²) < 4.78 is 32.5. The lowest BCUT2D eigenvalue weighted by Gasteiger charge is -2.41. The van der Waals surface area contributed by atoms with Gasteiger partial charge in [-0.1, -0.05) is 18.9 Å². The van der Waals surface area contributed by atoms with Crippen LogP contribution in [-0.4, -0.2) is 64.7 Å². The van der Waals surface area contributed by atoms with Gasteiger partial charge in [0.05, 0.1) is 18.7 Å². The van der Waals surface area contributed by atoms with E-state index >= 15 is 0 Å². The summed E-state index contributed by atoms with van der Waals surface area (Å²) in [5.41, 5.74) is 0.505. The highest BCUT2D eigenvalue weighted by molar-refractivity contribution is 5.97. The van der Waals surface area contributed by atoms with Crippen molar-refractivity contribution in [1.82, 2.24) is 20.4 Å². The van der Waals surface area contributed by atoms with Gasteiger partial charge >= 0.3 is 0 Å². The standard InChI is InChI=1S/C23H26F2N4O4/c24-15-6-5-13(16(25)7-15)8-26-22(31)14-9-28-10-20-27-17-3-1-2-4-18(17)29(20)23(32)21(28)19(30)12-33-11-14/h5-7,9,17-18,20,27,30H,1-4,8,10-12H2,(H,26,31)/b14-9+,21-19+/t17-,18-,20-/m0/s1. The van der Waals surface area contributed by atoms with Crippen LogP contribution in [0.3, 0.4) is 0 Å². The SMILES string of the molecule is O=C(NCc1ccc(F)cc1F)/C1=C/N2C[C@H]3N[C@H]4CCCC[C@@H]4N3C(=O)/C2=C(\O)COC1. The molecule has 3 heterocycles. The average Bonchev–Trinajstić information content (AvgIpc) is 3.15. The molecule has 1 aliphatic carbocycles. The van der Waals surface area contributed by atoms with E-state index in [9.17, 15) is 23.5 Å². The van der Waals surface area contributed by atoms with Gasteiger partial charge in [0, 0.05) is 36.5 Å². The molecule has 1 aromatic rings. The molecule has 10 heteroatoms. The highest BCUT2D eigenvalue weighted by atomic mass is 19.1. The predicted molar refractivity (Wildman–Crippen MR) is 113 cm³/mol. The molecule has 0 unspecified atom stereocenters. The van der Waals surface area contributed by atoms with Gasteiger partial charge in [-0.25, -0.2) is 8.78 Å². The molecule has 3 fully saturated rings. The number of hydrogen-bond acceptors (Lipinski definition) is 6. The summed E-state index contributed by atoms with van der Waals surface area (Å²) in [6, 6.07) is 3.49. The number of nitrogens with zero attached hydrogens (tertiary/aromatic N) is 2. The van der Waals surface area contributed by atoms with Crippen LogP contribution in [0.5, 0.6) is 0 Å². The third-order valence-corrected chi connectivity index (χ3v) is 6.75. The zero-order chi connectivity index (χ0) is 23.1. The molecule has 1 aromatic carbocycles. The minimum absolute atomic E-state index is 0.0905. The molecule has 5 rings (SSSR count). The molecule has 3 aliphatic heterocycles. The summed E-state index contributed by atoms with van der Waals surface area (Å²) in [6.45, 7) is -0.0282. The maximum absolute atomic E-state index is 13.9. The number of benzene rings is 1. The largest absolute Gasteiger partial charge is 0.507 e. The van der Waals surface area contributed by atoms with E-state index in [1.54, 1.807) is 4.90 Å². The zero-order valence-electron chi connectivity index (χ0n) is 18.0. The fourth-order valence-electron chi connectivity index (χ4n) is 5.19. The minimum Gasteiger partial charge on any atom is -0.507 e. The molecule has 0 aromatic heterocycles. The summed E-state index contributed by atoms with van der Waals surface area (Å²) in [6.07, 6.45) is 5.41. The summed E-state index contributed by atoms with van der Waals surface area (Å²) in [7, 11) is 0. The number of carbonyl (C=O) groups is 2. The summed E-state index contributed by atoms with van der Waals surface area (Å²) in [4.78, 5) is 29.6. The summed E-state index contributed by atoms with van der Waals surface area (Å²) >= 11 is 0. The van der Waals surface area contributed by atoms with Gasteiger partial charge in [0.15, 0.2) is 0 Å². The van der Waals surface area contributed by atoms with Gasteiger partial charge in [-0.15, -0.1) is 0 Å². The first-order chi connectivity index (χ1) is 15.9. The van der Waals surface area contributed by atoms with E-state index in [-0.39, 0.29) is 66.5 Å². The number of rotatable bonds is 3. The number of aliphatic hydroxyl groups excluding tert-OH is 1. The van der Waals surface area contributed by atoms with Gasteiger partial charge in [-0.05, 0) is 18.9 Å². The monoisotopic (exact) mass is 460 g/mol. The number of amides is 2. The van der Waals surface area contributed by atoms with Crippen molar-refractivity contribution in [3.63, 3.8) is 0 Å². The number of halogens is 2. The Morgan fingerprint density at radius 3 is 2.88 bits per heavy atom. The van der Waals surface area contributed by atoms with Crippen LogP contribution in [0, 0.1) is 11.6 Å². The van der Waals surface area contributed by atoms with Gasteiger partial charge in [0.1, 0.15) is 35.9 Å². The molecule has 2 saturated heterocycles. The number of nitrogens with one attached hydrogen (secondary N) is 2. The quantitative estimate of drug-likeness (QED) is 0.635. The van der Waals surface area contributed by atoms with E-state index in [2.05, 4.69) is 10.6 Å². The van der Waals surface area contributed by atoms with Crippen molar-refractivity contribution in [2.75, 3.05) is 19.8 Å². The van der Waals surface area contributed by atoms with Crippen LogP contribution in [-0.2, 0) is 20.9 Å². The maximum atomic E-state index is 13.9. The minimum atomic E-state index is -0.746. The fourth-order valence-corrected chi connectivity index (χ4v) is 5.19. The second kappa shape index (κ2) is 8.75. The lowest BCUT2D eigenvalue weighted by Crippen LogP contribution is -2.56. The Kier molecular flexibility index (Phi) is 5.79. The average molecular weight is 460 g/mol. The Bertz CT molecular complexity index is 1040.